The van der Waals surface area contributed by atoms with E-state index in [0.717, 1.165) is 17.5 Å². The summed E-state index contributed by atoms with van der Waals surface area (Å²) in [6.07, 6.45) is 1.97. The number of carboxylic acid groups (broad SMARTS) is 1. The molecule has 0 spiro atoms. The summed E-state index contributed by atoms with van der Waals surface area (Å²) in [5, 5.41) is 17.1. The number of fused-ring (bicyclic) bond motifs is 1. The van der Waals surface area contributed by atoms with E-state index in [0.29, 0.717) is 25.9 Å². The van der Waals surface area contributed by atoms with E-state index in [4.69, 9.17) is 5.11 Å². The van der Waals surface area contributed by atoms with Crippen molar-refractivity contribution in [2.75, 3.05) is 19.6 Å². The Morgan fingerprint density at radius 3 is 2.74 bits per heavy atom. The molecule has 1 aromatic heterocycles. The van der Waals surface area contributed by atoms with Crippen LogP contribution in [0.2, 0.25) is 0 Å². The van der Waals surface area contributed by atoms with E-state index in [1.165, 1.54) is 11.8 Å². The number of hydrogen-bond acceptors (Lipinski definition) is 5. The van der Waals surface area contributed by atoms with Crippen molar-refractivity contribution in [2.24, 2.45) is 0 Å². The quantitative estimate of drug-likeness (QED) is 0.828. The van der Waals surface area contributed by atoms with Gasteiger partial charge in [0.1, 0.15) is 18.6 Å². The van der Waals surface area contributed by atoms with Gasteiger partial charge in [-0.1, -0.05) is 17.3 Å². The zero-order chi connectivity index (χ0) is 19.4. The van der Waals surface area contributed by atoms with Gasteiger partial charge in [0, 0.05) is 26.1 Å². The third-order valence-electron chi connectivity index (χ3n) is 4.91. The van der Waals surface area contributed by atoms with Crippen LogP contribution in [0.25, 0.3) is 11.0 Å². The maximum absolute atomic E-state index is 12.7. The lowest BCUT2D eigenvalue weighted by molar-refractivity contribution is -0.145. The van der Waals surface area contributed by atoms with Gasteiger partial charge in [-0.15, -0.1) is 5.10 Å². The normalized spacial score (nSPS) is 17.5. The smallest absolute Gasteiger partial charge is 0.323 e. The largest absolute Gasteiger partial charge is 0.480 e. The molecule has 1 fully saturated rings. The van der Waals surface area contributed by atoms with E-state index >= 15 is 0 Å². The predicted molar refractivity (Wildman–Crippen MR) is 96.8 cm³/mol. The van der Waals surface area contributed by atoms with Gasteiger partial charge in [-0.05, 0) is 31.4 Å². The van der Waals surface area contributed by atoms with Gasteiger partial charge in [-0.25, -0.2) is 4.68 Å². The number of nitrogens with zero attached hydrogens (tertiary/aromatic N) is 5. The van der Waals surface area contributed by atoms with Gasteiger partial charge < -0.3 is 14.9 Å². The fourth-order valence-electron chi connectivity index (χ4n) is 3.55. The van der Waals surface area contributed by atoms with Crippen LogP contribution in [0.3, 0.4) is 0 Å². The Hall–Kier alpha value is -2.97. The molecule has 1 atom stereocenters. The minimum Gasteiger partial charge on any atom is -0.480 e. The summed E-state index contributed by atoms with van der Waals surface area (Å²) in [6.45, 7) is 2.25. The van der Waals surface area contributed by atoms with Crippen LogP contribution in [0, 0.1) is 0 Å². The molecule has 0 unspecified atom stereocenters. The van der Waals surface area contributed by atoms with E-state index in [1.807, 2.05) is 24.3 Å². The van der Waals surface area contributed by atoms with E-state index < -0.39 is 5.97 Å². The van der Waals surface area contributed by atoms with Crippen LogP contribution in [0.4, 0.5) is 0 Å². The number of benzene rings is 1. The molecule has 1 aliphatic heterocycles. The molecule has 0 radical (unpaired) electrons. The first-order chi connectivity index (χ1) is 13.0. The molecule has 1 N–H and O–H groups in total. The fourth-order valence-corrected chi connectivity index (χ4v) is 3.55. The van der Waals surface area contributed by atoms with Crippen molar-refractivity contribution in [3.8, 4) is 0 Å². The molecule has 9 nitrogen and oxygen atoms in total. The molecule has 9 heteroatoms. The SMILES string of the molecule is CC(=O)N(CC(=O)O)[C@@H]1CCCN(C(=O)Cn2nnc3ccccc32)CC1. The summed E-state index contributed by atoms with van der Waals surface area (Å²) >= 11 is 0. The number of aliphatic carboxylic acids is 1. The first-order valence-electron chi connectivity index (χ1n) is 9.00. The van der Waals surface area contributed by atoms with Crippen molar-refractivity contribution >= 4 is 28.8 Å². The standard InChI is InChI=1S/C18H23N5O4/c1-13(24)22(12-18(26)27)14-5-4-9-21(10-8-14)17(25)11-23-16-7-3-2-6-15(16)19-20-23/h2-3,6-7,14H,4-5,8-12H2,1H3,(H,26,27)/t14-/m1/s1. The van der Waals surface area contributed by atoms with E-state index in [2.05, 4.69) is 10.3 Å². The van der Waals surface area contributed by atoms with Crippen molar-refractivity contribution in [3.63, 3.8) is 0 Å². The Morgan fingerprint density at radius 1 is 1.22 bits per heavy atom. The summed E-state index contributed by atoms with van der Waals surface area (Å²) in [4.78, 5) is 38.7. The molecule has 0 bridgehead atoms. The highest BCUT2D eigenvalue weighted by Gasteiger charge is 2.27. The summed E-state index contributed by atoms with van der Waals surface area (Å²) < 4.78 is 1.59. The Morgan fingerprint density at radius 2 is 2.00 bits per heavy atom. The zero-order valence-electron chi connectivity index (χ0n) is 15.2. The van der Waals surface area contributed by atoms with E-state index in [9.17, 15) is 14.4 Å². The van der Waals surface area contributed by atoms with Gasteiger partial charge in [0.25, 0.3) is 0 Å². The van der Waals surface area contributed by atoms with Crippen LogP contribution in [0.1, 0.15) is 26.2 Å². The van der Waals surface area contributed by atoms with Crippen LogP contribution in [-0.4, -0.2) is 73.4 Å². The average Bonchev–Trinajstić information content (AvgIpc) is 2.87. The second-order valence-corrected chi connectivity index (χ2v) is 6.74. The lowest BCUT2D eigenvalue weighted by atomic mass is 10.1. The van der Waals surface area contributed by atoms with Crippen molar-refractivity contribution in [2.45, 2.75) is 38.8 Å². The fraction of sp³-hybridized carbons (Fsp3) is 0.500. The topological polar surface area (TPSA) is 109 Å². The first-order valence-corrected chi connectivity index (χ1v) is 9.00. The Bertz CT molecular complexity index is 849. The molecule has 1 aromatic carbocycles. The minimum atomic E-state index is -1.03. The molecule has 144 valence electrons. The molecule has 1 saturated heterocycles. The third-order valence-corrected chi connectivity index (χ3v) is 4.91. The minimum absolute atomic E-state index is 0.0566. The second kappa shape index (κ2) is 8.15. The van der Waals surface area contributed by atoms with Crippen molar-refractivity contribution in [3.05, 3.63) is 24.3 Å². The van der Waals surface area contributed by atoms with Crippen LogP contribution in [0.15, 0.2) is 24.3 Å². The highest BCUT2D eigenvalue weighted by molar-refractivity contribution is 5.80. The predicted octanol–water partition coefficient (Wildman–Crippen LogP) is 0.746. The molecule has 0 saturated carbocycles. The number of para-hydroxylation sites is 1. The van der Waals surface area contributed by atoms with Crippen molar-refractivity contribution in [1.82, 2.24) is 24.8 Å². The van der Waals surface area contributed by atoms with Gasteiger partial charge >= 0.3 is 5.97 Å². The lowest BCUT2D eigenvalue weighted by Crippen LogP contribution is -2.43. The van der Waals surface area contributed by atoms with Gasteiger partial charge in [0.05, 0.1) is 5.52 Å². The van der Waals surface area contributed by atoms with E-state index in [-0.39, 0.29) is 30.9 Å². The number of rotatable bonds is 5. The summed E-state index contributed by atoms with van der Waals surface area (Å²) in [7, 11) is 0. The molecule has 2 aromatic rings. The van der Waals surface area contributed by atoms with Crippen molar-refractivity contribution < 1.29 is 19.5 Å². The number of aromatic nitrogens is 3. The number of carbonyl (C=O) groups excluding carboxylic acids is 2. The Balaban J connectivity index is 1.64. The molecule has 1 aliphatic rings. The third kappa shape index (κ3) is 4.42. The van der Waals surface area contributed by atoms with E-state index in [1.54, 1.807) is 9.58 Å². The molecular formula is C18H23N5O4. The molecule has 2 heterocycles. The number of hydrogen-bond donors (Lipinski definition) is 1. The average molecular weight is 373 g/mol. The molecule has 27 heavy (non-hydrogen) atoms. The summed E-state index contributed by atoms with van der Waals surface area (Å²) in [5.74, 6) is -1.34. The van der Waals surface area contributed by atoms with Crippen LogP contribution >= 0.6 is 0 Å². The lowest BCUT2D eigenvalue weighted by Gasteiger charge is -2.28. The monoisotopic (exact) mass is 373 g/mol. The Kier molecular flexibility index (Phi) is 5.68. The van der Waals surface area contributed by atoms with Gasteiger partial charge in [-0.2, -0.15) is 0 Å². The molecular weight excluding hydrogens is 350 g/mol. The molecule has 2 amide bonds. The second-order valence-electron chi connectivity index (χ2n) is 6.74. The first kappa shape index (κ1) is 18.8. The number of carboxylic acids is 1. The Labute approximate surface area is 156 Å². The van der Waals surface area contributed by atoms with Crippen LogP contribution in [-0.2, 0) is 20.9 Å². The summed E-state index contributed by atoms with van der Waals surface area (Å²) in [6, 6.07) is 7.30. The zero-order valence-corrected chi connectivity index (χ0v) is 15.2. The maximum Gasteiger partial charge on any atom is 0.323 e. The molecule has 3 rings (SSSR count). The van der Waals surface area contributed by atoms with Crippen LogP contribution in [0.5, 0.6) is 0 Å². The van der Waals surface area contributed by atoms with Crippen LogP contribution < -0.4 is 0 Å². The van der Waals surface area contributed by atoms with Gasteiger partial charge in [0.15, 0.2) is 0 Å². The highest BCUT2D eigenvalue weighted by atomic mass is 16.4. The van der Waals surface area contributed by atoms with Crippen molar-refractivity contribution in [1.29, 1.82) is 0 Å². The number of amides is 2. The highest BCUT2D eigenvalue weighted by Crippen LogP contribution is 2.18. The number of likely N-dealkylation sites (tertiary alicyclic amines) is 1. The maximum atomic E-state index is 12.7. The number of carbonyl (C=O) groups is 3. The van der Waals surface area contributed by atoms with Gasteiger partial charge in [0.2, 0.25) is 11.8 Å². The summed E-state index contributed by atoms with van der Waals surface area (Å²) in [5.41, 5.74) is 1.55. The van der Waals surface area contributed by atoms with Gasteiger partial charge in [-0.3, -0.25) is 14.4 Å². The molecule has 0 aliphatic carbocycles.